The molecule has 1 N–H and O–H groups in total. The Kier molecular flexibility index (Phi) is 6.15. The Labute approximate surface area is 141 Å². The van der Waals surface area contributed by atoms with Gasteiger partial charge >= 0.3 is 0 Å². The maximum absolute atomic E-state index is 3.61. The summed E-state index contributed by atoms with van der Waals surface area (Å²) in [5, 5.41) is 3.48. The molecule has 0 saturated heterocycles. The molecule has 20 heavy (non-hydrogen) atoms. The highest BCUT2D eigenvalue weighted by Gasteiger charge is 2.08. The number of rotatable bonds is 5. The Morgan fingerprint density at radius 2 is 1.80 bits per heavy atom. The molecule has 4 heteroatoms. The van der Waals surface area contributed by atoms with Gasteiger partial charge in [-0.2, -0.15) is 0 Å². The van der Waals surface area contributed by atoms with Crippen molar-refractivity contribution in [2.24, 2.45) is 0 Å². The van der Waals surface area contributed by atoms with Crippen LogP contribution in [0.3, 0.4) is 0 Å². The number of halogens is 2. The number of nitrogens with one attached hydrogen (secondary N) is 1. The molecule has 0 aromatic heterocycles. The van der Waals surface area contributed by atoms with Crippen molar-refractivity contribution in [3.8, 4) is 0 Å². The molecule has 0 aliphatic rings. The van der Waals surface area contributed by atoms with Gasteiger partial charge in [-0.05, 0) is 51.8 Å². The van der Waals surface area contributed by atoms with Gasteiger partial charge in [0.1, 0.15) is 0 Å². The first-order valence-electron chi connectivity index (χ1n) is 6.50. The monoisotopic (exact) mass is 413 g/mol. The van der Waals surface area contributed by atoms with Crippen molar-refractivity contribution in [1.29, 1.82) is 0 Å². The minimum absolute atomic E-state index is 0.482. The maximum atomic E-state index is 3.61. The zero-order chi connectivity index (χ0) is 14.5. The summed E-state index contributed by atoms with van der Waals surface area (Å²) in [5.74, 6) is 0. The number of hydrogen-bond donors (Lipinski definition) is 1. The molecule has 0 heterocycles. The van der Waals surface area contributed by atoms with Crippen molar-refractivity contribution in [2.75, 3.05) is 0 Å². The smallest absolute Gasteiger partial charge is 0.0314 e. The van der Waals surface area contributed by atoms with Crippen LogP contribution in [0.2, 0.25) is 0 Å². The molecule has 0 radical (unpaired) electrons. The zero-order valence-corrected chi connectivity index (χ0v) is 15.5. The van der Waals surface area contributed by atoms with E-state index in [9.17, 15) is 0 Å². The van der Waals surface area contributed by atoms with Crippen molar-refractivity contribution in [2.45, 2.75) is 36.2 Å². The fraction of sp³-hybridized carbons (Fsp3) is 0.250. The van der Waals surface area contributed by atoms with Crippen LogP contribution in [0.1, 0.15) is 19.4 Å². The molecule has 0 saturated carbocycles. The van der Waals surface area contributed by atoms with E-state index in [0.717, 1.165) is 15.5 Å². The van der Waals surface area contributed by atoms with Gasteiger partial charge < -0.3 is 5.32 Å². The Morgan fingerprint density at radius 3 is 2.50 bits per heavy atom. The summed E-state index contributed by atoms with van der Waals surface area (Å²) in [6, 6.07) is 15.3. The van der Waals surface area contributed by atoms with E-state index in [2.05, 4.69) is 87.4 Å². The third-order valence-electron chi connectivity index (χ3n) is 2.78. The number of hydrogen-bond acceptors (Lipinski definition) is 2. The molecular weight excluding hydrogens is 398 g/mol. The summed E-state index contributed by atoms with van der Waals surface area (Å²) in [6.07, 6.45) is 0. The zero-order valence-electron chi connectivity index (χ0n) is 11.5. The van der Waals surface area contributed by atoms with E-state index in [1.807, 2.05) is 6.07 Å². The van der Waals surface area contributed by atoms with Gasteiger partial charge in [-0.3, -0.25) is 0 Å². The van der Waals surface area contributed by atoms with E-state index in [0.29, 0.717) is 6.04 Å². The van der Waals surface area contributed by atoms with Crippen LogP contribution in [0.5, 0.6) is 0 Å². The van der Waals surface area contributed by atoms with Crippen molar-refractivity contribution in [3.05, 3.63) is 57.0 Å². The minimum Gasteiger partial charge on any atom is -0.310 e. The molecule has 2 rings (SSSR count). The van der Waals surface area contributed by atoms with E-state index < -0.39 is 0 Å². The van der Waals surface area contributed by atoms with Gasteiger partial charge in [0.2, 0.25) is 0 Å². The van der Waals surface area contributed by atoms with Gasteiger partial charge in [-0.15, -0.1) is 0 Å². The van der Waals surface area contributed by atoms with Crippen LogP contribution in [0.4, 0.5) is 0 Å². The molecule has 0 spiro atoms. The average molecular weight is 415 g/mol. The van der Waals surface area contributed by atoms with Crippen molar-refractivity contribution in [1.82, 2.24) is 5.32 Å². The standard InChI is InChI=1S/C16H17Br2NS/c1-11(2)19-10-12-9-13(17)7-8-15(12)20-16-6-4-3-5-14(16)18/h3-9,11,19H,10H2,1-2H3. The fourth-order valence-corrected chi connectivity index (χ4v) is 3.63. The van der Waals surface area contributed by atoms with Crippen LogP contribution in [-0.2, 0) is 6.54 Å². The maximum Gasteiger partial charge on any atom is 0.0314 e. The molecule has 2 aromatic rings. The lowest BCUT2D eigenvalue weighted by Gasteiger charge is -2.13. The summed E-state index contributed by atoms with van der Waals surface area (Å²) >= 11 is 8.96. The highest BCUT2D eigenvalue weighted by atomic mass is 79.9. The second-order valence-electron chi connectivity index (χ2n) is 4.82. The molecule has 0 aliphatic carbocycles. The second-order valence-corrected chi connectivity index (χ2v) is 7.67. The van der Waals surface area contributed by atoms with Crippen LogP contribution in [0, 0.1) is 0 Å². The molecule has 2 aromatic carbocycles. The van der Waals surface area contributed by atoms with Gasteiger partial charge in [-0.1, -0.05) is 53.7 Å². The fourth-order valence-electron chi connectivity index (χ4n) is 1.75. The second kappa shape index (κ2) is 7.64. The van der Waals surface area contributed by atoms with E-state index in [1.165, 1.54) is 15.4 Å². The molecule has 0 aliphatic heterocycles. The molecule has 106 valence electrons. The van der Waals surface area contributed by atoms with E-state index in [-0.39, 0.29) is 0 Å². The molecule has 1 nitrogen and oxygen atoms in total. The third-order valence-corrected chi connectivity index (χ3v) is 5.42. The van der Waals surface area contributed by atoms with Gasteiger partial charge in [0.15, 0.2) is 0 Å². The molecule has 0 unspecified atom stereocenters. The molecular formula is C16H17Br2NS. The van der Waals surface area contributed by atoms with Crippen molar-refractivity contribution >= 4 is 43.6 Å². The Bertz CT molecular complexity index is 584. The van der Waals surface area contributed by atoms with Crippen LogP contribution < -0.4 is 5.32 Å². The summed E-state index contributed by atoms with van der Waals surface area (Å²) in [7, 11) is 0. The van der Waals surface area contributed by atoms with Crippen LogP contribution in [-0.4, -0.2) is 6.04 Å². The van der Waals surface area contributed by atoms with Gasteiger partial charge in [0, 0.05) is 31.3 Å². The summed E-state index contributed by atoms with van der Waals surface area (Å²) < 4.78 is 2.25. The summed E-state index contributed by atoms with van der Waals surface area (Å²) in [5.41, 5.74) is 1.31. The summed E-state index contributed by atoms with van der Waals surface area (Å²) in [4.78, 5) is 2.52. The Hall–Kier alpha value is -0.290. The molecule has 0 atom stereocenters. The predicted octanol–water partition coefficient (Wildman–Crippen LogP) is 5.86. The largest absolute Gasteiger partial charge is 0.310 e. The highest BCUT2D eigenvalue weighted by Crippen LogP contribution is 2.36. The molecule has 0 fully saturated rings. The van der Waals surface area contributed by atoms with Gasteiger partial charge in [0.05, 0.1) is 0 Å². The van der Waals surface area contributed by atoms with Gasteiger partial charge in [-0.25, -0.2) is 0 Å². The van der Waals surface area contributed by atoms with Crippen molar-refractivity contribution in [3.63, 3.8) is 0 Å². The van der Waals surface area contributed by atoms with E-state index >= 15 is 0 Å². The van der Waals surface area contributed by atoms with Crippen LogP contribution >= 0.6 is 43.6 Å². The SMILES string of the molecule is CC(C)NCc1cc(Br)ccc1Sc1ccccc1Br. The average Bonchev–Trinajstić information content (AvgIpc) is 2.41. The minimum atomic E-state index is 0.482. The van der Waals surface area contributed by atoms with E-state index in [1.54, 1.807) is 11.8 Å². The van der Waals surface area contributed by atoms with E-state index in [4.69, 9.17) is 0 Å². The lowest BCUT2D eigenvalue weighted by Crippen LogP contribution is -2.22. The van der Waals surface area contributed by atoms with Crippen molar-refractivity contribution < 1.29 is 0 Å². The van der Waals surface area contributed by atoms with Crippen LogP contribution in [0.25, 0.3) is 0 Å². The first-order valence-corrected chi connectivity index (χ1v) is 8.90. The highest BCUT2D eigenvalue weighted by molar-refractivity contribution is 9.10. The topological polar surface area (TPSA) is 12.0 Å². The first kappa shape index (κ1) is 16.1. The predicted molar refractivity (Wildman–Crippen MR) is 94.4 cm³/mol. The quantitative estimate of drug-likeness (QED) is 0.657. The third kappa shape index (κ3) is 4.62. The lowest BCUT2D eigenvalue weighted by atomic mass is 10.2. The number of benzene rings is 2. The first-order chi connectivity index (χ1) is 9.56. The molecule has 0 amide bonds. The Morgan fingerprint density at radius 1 is 1.05 bits per heavy atom. The lowest BCUT2D eigenvalue weighted by molar-refractivity contribution is 0.584. The normalized spacial score (nSPS) is 11.1. The summed E-state index contributed by atoms with van der Waals surface area (Å²) in [6.45, 7) is 5.21. The molecule has 0 bridgehead atoms. The Balaban J connectivity index is 2.24. The van der Waals surface area contributed by atoms with Crippen LogP contribution in [0.15, 0.2) is 61.2 Å². The van der Waals surface area contributed by atoms with Gasteiger partial charge in [0.25, 0.3) is 0 Å².